The molecule has 10 nitrogen and oxygen atoms in total. The molecule has 0 spiro atoms. The van der Waals surface area contributed by atoms with Gasteiger partial charge in [0.05, 0.1) is 12.9 Å². The summed E-state index contributed by atoms with van der Waals surface area (Å²) in [6.07, 6.45) is -1.99. The van der Waals surface area contributed by atoms with E-state index < -0.39 is 30.1 Å². The number of aromatic amines is 1. The predicted octanol–water partition coefficient (Wildman–Crippen LogP) is -2.03. The molecule has 114 valence electrons. The fourth-order valence-corrected chi connectivity index (χ4v) is 2.52. The largest absolute Gasteiger partial charge is 0.394 e. The van der Waals surface area contributed by atoms with E-state index in [1.165, 1.54) is 18.0 Å². The molecular formula is C11H15N5O5. The highest BCUT2D eigenvalue weighted by Gasteiger charge is 2.45. The average molecular weight is 297 g/mol. The Morgan fingerprint density at radius 1 is 1.62 bits per heavy atom. The predicted molar refractivity (Wildman–Crippen MR) is 70.4 cm³/mol. The molecule has 0 aliphatic carbocycles. The molecule has 3 rings (SSSR count). The Morgan fingerprint density at radius 3 is 3.00 bits per heavy atom. The van der Waals surface area contributed by atoms with E-state index >= 15 is 0 Å². The molecule has 2 aromatic rings. The summed E-state index contributed by atoms with van der Waals surface area (Å²) < 4.78 is 12.1. The van der Waals surface area contributed by atoms with Crippen LogP contribution in [-0.2, 0) is 9.47 Å². The van der Waals surface area contributed by atoms with Crippen molar-refractivity contribution in [1.29, 1.82) is 0 Å². The third-order valence-corrected chi connectivity index (χ3v) is 3.49. The molecule has 10 heteroatoms. The number of hydrogen-bond donors (Lipinski definition) is 4. The van der Waals surface area contributed by atoms with Crippen LogP contribution in [0.2, 0.25) is 0 Å². The number of anilines is 1. The number of H-pyrrole nitrogens is 1. The van der Waals surface area contributed by atoms with Crippen LogP contribution < -0.4 is 11.3 Å². The van der Waals surface area contributed by atoms with E-state index in [-0.39, 0.29) is 23.7 Å². The summed E-state index contributed by atoms with van der Waals surface area (Å²) in [5, 5.41) is 19.5. The van der Waals surface area contributed by atoms with Crippen LogP contribution in [0.3, 0.4) is 0 Å². The molecule has 4 atom stereocenters. The van der Waals surface area contributed by atoms with Crippen LogP contribution in [0.25, 0.3) is 11.2 Å². The lowest BCUT2D eigenvalue weighted by Crippen LogP contribution is -2.35. The summed E-state index contributed by atoms with van der Waals surface area (Å²) in [7, 11) is 1.41. The number of methoxy groups -OCH3 is 1. The number of imidazole rings is 1. The first-order valence-corrected chi connectivity index (χ1v) is 6.26. The smallest absolute Gasteiger partial charge is 0.280 e. The van der Waals surface area contributed by atoms with Crippen molar-refractivity contribution in [3.05, 3.63) is 16.7 Å². The zero-order valence-corrected chi connectivity index (χ0v) is 11.1. The van der Waals surface area contributed by atoms with Gasteiger partial charge in [-0.2, -0.15) is 4.98 Å². The third kappa shape index (κ3) is 2.08. The Morgan fingerprint density at radius 2 is 2.38 bits per heavy atom. The van der Waals surface area contributed by atoms with Gasteiger partial charge in [0.15, 0.2) is 17.4 Å². The fourth-order valence-electron chi connectivity index (χ4n) is 2.52. The van der Waals surface area contributed by atoms with Gasteiger partial charge in [0.1, 0.15) is 18.3 Å². The fraction of sp³-hybridized carbons (Fsp3) is 0.545. The van der Waals surface area contributed by atoms with Crippen molar-refractivity contribution in [3.63, 3.8) is 0 Å². The maximum atomic E-state index is 11.7. The molecule has 1 aliphatic rings. The van der Waals surface area contributed by atoms with Crippen molar-refractivity contribution < 1.29 is 19.7 Å². The molecule has 21 heavy (non-hydrogen) atoms. The standard InChI is InChI=1S/C11H15N5O5/c1-20-7-4(2-17)21-10(6(7)18)16-3-13-5-8(16)14-11(12)15-9(5)19/h3-4,6-7,10,17-18H,2H2,1H3,(H3,12,14,15,19)/t4-,6-,7-,10-/m1/s1. The SMILES string of the molecule is CO[C@H]1[C@@H](O)[C@H](n2cnc3c(=O)[nH]c(N)nc32)O[C@@H]1CO. The lowest BCUT2D eigenvalue weighted by molar-refractivity contribution is -0.0535. The van der Waals surface area contributed by atoms with Gasteiger partial charge in [-0.3, -0.25) is 14.3 Å². The first-order valence-electron chi connectivity index (χ1n) is 6.26. The Kier molecular flexibility index (Phi) is 3.37. The van der Waals surface area contributed by atoms with Crippen molar-refractivity contribution in [2.75, 3.05) is 19.5 Å². The Hall–Kier alpha value is -2.01. The summed E-state index contributed by atoms with van der Waals surface area (Å²) in [4.78, 5) is 22.0. The summed E-state index contributed by atoms with van der Waals surface area (Å²) in [6.45, 7) is -0.311. The van der Waals surface area contributed by atoms with E-state index in [0.717, 1.165) is 0 Å². The molecule has 0 amide bonds. The number of nitrogen functional groups attached to an aromatic ring is 1. The van der Waals surface area contributed by atoms with Crippen LogP contribution in [0.15, 0.2) is 11.1 Å². The van der Waals surface area contributed by atoms with Gasteiger partial charge in [-0.15, -0.1) is 0 Å². The molecule has 1 saturated heterocycles. The Bertz CT molecular complexity index is 713. The quantitative estimate of drug-likeness (QED) is 0.506. The maximum absolute atomic E-state index is 11.7. The highest BCUT2D eigenvalue weighted by molar-refractivity contribution is 5.70. The highest BCUT2D eigenvalue weighted by Crippen LogP contribution is 2.32. The number of nitrogens with zero attached hydrogens (tertiary/aromatic N) is 3. The van der Waals surface area contributed by atoms with Crippen LogP contribution in [0, 0.1) is 0 Å². The average Bonchev–Trinajstić information content (AvgIpc) is 2.99. The second kappa shape index (κ2) is 5.07. The van der Waals surface area contributed by atoms with Crippen LogP contribution >= 0.6 is 0 Å². The van der Waals surface area contributed by atoms with Gasteiger partial charge in [0, 0.05) is 7.11 Å². The number of aliphatic hydroxyl groups excluding tert-OH is 2. The molecule has 1 fully saturated rings. The molecule has 2 aromatic heterocycles. The highest BCUT2D eigenvalue weighted by atomic mass is 16.6. The maximum Gasteiger partial charge on any atom is 0.280 e. The monoisotopic (exact) mass is 297 g/mol. The van der Waals surface area contributed by atoms with Gasteiger partial charge < -0.3 is 25.4 Å². The van der Waals surface area contributed by atoms with E-state index in [2.05, 4.69) is 15.0 Å². The number of rotatable bonds is 3. The zero-order chi connectivity index (χ0) is 15.1. The van der Waals surface area contributed by atoms with Crippen molar-refractivity contribution in [2.45, 2.75) is 24.5 Å². The van der Waals surface area contributed by atoms with Crippen LogP contribution in [0.1, 0.15) is 6.23 Å². The summed E-state index contributed by atoms with van der Waals surface area (Å²) in [5.41, 5.74) is 5.31. The first-order chi connectivity index (χ1) is 10.1. The molecule has 1 aliphatic heterocycles. The second-order valence-electron chi connectivity index (χ2n) is 4.71. The van der Waals surface area contributed by atoms with Gasteiger partial charge in [0.25, 0.3) is 5.56 Å². The summed E-state index contributed by atoms with van der Waals surface area (Å²) in [5.74, 6) is -0.0660. The topological polar surface area (TPSA) is 149 Å². The minimum Gasteiger partial charge on any atom is -0.394 e. The van der Waals surface area contributed by atoms with Gasteiger partial charge in [-0.05, 0) is 0 Å². The molecule has 3 heterocycles. The number of nitrogens with two attached hydrogens (primary N) is 1. The molecular weight excluding hydrogens is 282 g/mol. The van der Waals surface area contributed by atoms with Gasteiger partial charge in [-0.25, -0.2) is 4.98 Å². The minimum absolute atomic E-state index is 0.0660. The van der Waals surface area contributed by atoms with Crippen molar-refractivity contribution in [3.8, 4) is 0 Å². The number of fused-ring (bicyclic) bond motifs is 1. The molecule has 0 radical (unpaired) electrons. The van der Waals surface area contributed by atoms with E-state index in [9.17, 15) is 15.0 Å². The molecule has 0 bridgehead atoms. The van der Waals surface area contributed by atoms with E-state index in [1.807, 2.05) is 0 Å². The number of aromatic nitrogens is 4. The Balaban J connectivity index is 2.07. The second-order valence-corrected chi connectivity index (χ2v) is 4.71. The van der Waals surface area contributed by atoms with Crippen molar-refractivity contribution in [1.82, 2.24) is 19.5 Å². The lowest BCUT2D eigenvalue weighted by Gasteiger charge is -2.17. The van der Waals surface area contributed by atoms with E-state index in [4.69, 9.17) is 15.2 Å². The van der Waals surface area contributed by atoms with Crippen LogP contribution in [0.4, 0.5) is 5.95 Å². The number of hydrogen-bond acceptors (Lipinski definition) is 8. The number of aliphatic hydroxyl groups is 2. The molecule has 0 aromatic carbocycles. The van der Waals surface area contributed by atoms with Crippen molar-refractivity contribution in [2.24, 2.45) is 0 Å². The molecule has 0 unspecified atom stereocenters. The van der Waals surface area contributed by atoms with Crippen LogP contribution in [0.5, 0.6) is 0 Å². The first kappa shape index (κ1) is 13.9. The Labute approximate surface area is 118 Å². The summed E-state index contributed by atoms with van der Waals surface area (Å²) in [6, 6.07) is 0. The van der Waals surface area contributed by atoms with E-state index in [0.29, 0.717) is 0 Å². The summed E-state index contributed by atoms with van der Waals surface area (Å²) >= 11 is 0. The van der Waals surface area contributed by atoms with E-state index in [1.54, 1.807) is 0 Å². The normalized spacial score (nSPS) is 29.3. The molecule has 0 saturated carbocycles. The number of nitrogens with one attached hydrogen (secondary N) is 1. The number of ether oxygens (including phenoxy) is 2. The van der Waals surface area contributed by atoms with Gasteiger partial charge >= 0.3 is 0 Å². The van der Waals surface area contributed by atoms with Crippen LogP contribution in [-0.4, -0.2) is 61.8 Å². The van der Waals surface area contributed by atoms with Gasteiger partial charge in [-0.1, -0.05) is 0 Å². The zero-order valence-electron chi connectivity index (χ0n) is 11.1. The van der Waals surface area contributed by atoms with Gasteiger partial charge in [0.2, 0.25) is 5.95 Å². The molecule has 5 N–H and O–H groups in total. The third-order valence-electron chi connectivity index (χ3n) is 3.49. The minimum atomic E-state index is -1.05. The van der Waals surface area contributed by atoms with Crippen molar-refractivity contribution >= 4 is 17.1 Å². The lowest BCUT2D eigenvalue weighted by atomic mass is 10.1.